The second kappa shape index (κ2) is 5.39. The van der Waals surface area contributed by atoms with Crippen LogP contribution >= 0.6 is 23.2 Å². The normalized spacial score (nSPS) is 14.1. The Bertz CT molecular complexity index is 822. The van der Waals surface area contributed by atoms with Gasteiger partial charge in [-0.1, -0.05) is 23.2 Å². The van der Waals surface area contributed by atoms with E-state index < -0.39 is 51.6 Å². The van der Waals surface area contributed by atoms with E-state index in [2.05, 4.69) is 0 Å². The molecular weight excluding hydrogens is 394 g/mol. The molecule has 0 aliphatic rings. The lowest BCUT2D eigenvalue weighted by atomic mass is 10.1. The monoisotopic (exact) mass is 401 g/mol. The third kappa shape index (κ3) is 3.58. The first-order valence-electron chi connectivity index (χ1n) is 4.93. The van der Waals surface area contributed by atoms with E-state index in [0.717, 1.165) is 0 Å². The predicted molar refractivity (Wildman–Crippen MR) is 73.0 cm³/mol. The van der Waals surface area contributed by atoms with Gasteiger partial charge in [0.1, 0.15) is 4.90 Å². The van der Waals surface area contributed by atoms with Crippen molar-refractivity contribution in [3.8, 4) is 0 Å². The van der Waals surface area contributed by atoms with Crippen molar-refractivity contribution < 1.29 is 30.0 Å². The fraction of sp³-hybridized carbons (Fsp3) is 0.250. The van der Waals surface area contributed by atoms with Crippen molar-refractivity contribution >= 4 is 48.9 Å². The summed E-state index contributed by atoms with van der Waals surface area (Å²) in [7, 11) is -9.35. The van der Waals surface area contributed by atoms with Gasteiger partial charge in [0.15, 0.2) is 0 Å². The predicted octanol–water partition coefficient (Wildman–Crippen LogP) is 0.756. The highest BCUT2D eigenvalue weighted by Crippen LogP contribution is 2.50. The van der Waals surface area contributed by atoms with E-state index in [-0.39, 0.29) is 6.07 Å². The Balaban J connectivity index is 3.94. The van der Waals surface area contributed by atoms with E-state index in [1.165, 1.54) is 0 Å². The van der Waals surface area contributed by atoms with Crippen molar-refractivity contribution in [1.29, 1.82) is 0 Å². The standard InChI is InChI=1S/C8H8Cl2F3N3O4S2/c9-7(10,8(11,12)13)3-1-4(14)6(22(16,19)20)2-5(3)21(15,17)18/h1-2H,14H2,(H2,15,17,18)(H2,16,19,20). The van der Waals surface area contributed by atoms with Crippen LogP contribution in [0.4, 0.5) is 18.9 Å². The Morgan fingerprint density at radius 3 is 1.64 bits per heavy atom. The molecule has 0 aromatic heterocycles. The van der Waals surface area contributed by atoms with Gasteiger partial charge < -0.3 is 5.73 Å². The van der Waals surface area contributed by atoms with Crippen LogP contribution < -0.4 is 16.0 Å². The van der Waals surface area contributed by atoms with Crippen LogP contribution in [0.3, 0.4) is 0 Å². The van der Waals surface area contributed by atoms with E-state index in [1.807, 2.05) is 0 Å². The summed E-state index contributed by atoms with van der Waals surface area (Å²) in [5.41, 5.74) is 3.26. The molecule has 0 unspecified atom stereocenters. The Kier molecular flexibility index (Phi) is 4.71. The number of primary sulfonamides is 2. The van der Waals surface area contributed by atoms with Gasteiger partial charge in [-0.25, -0.2) is 27.1 Å². The first-order valence-corrected chi connectivity index (χ1v) is 8.78. The summed E-state index contributed by atoms with van der Waals surface area (Å²) >= 11 is 10.3. The zero-order valence-corrected chi connectivity index (χ0v) is 13.4. The second-order valence-electron chi connectivity index (χ2n) is 4.05. The van der Waals surface area contributed by atoms with Gasteiger partial charge in [0, 0.05) is 5.56 Å². The van der Waals surface area contributed by atoms with E-state index in [0.29, 0.717) is 6.07 Å². The Labute approximate surface area is 133 Å². The first-order chi connectivity index (χ1) is 9.49. The van der Waals surface area contributed by atoms with Crippen LogP contribution in [0.5, 0.6) is 0 Å². The van der Waals surface area contributed by atoms with Crippen LogP contribution in [0.2, 0.25) is 0 Å². The van der Waals surface area contributed by atoms with Gasteiger partial charge in [-0.3, -0.25) is 0 Å². The average molecular weight is 402 g/mol. The summed E-state index contributed by atoms with van der Waals surface area (Å²) < 4.78 is 80.3. The molecule has 1 aromatic rings. The van der Waals surface area contributed by atoms with Crippen molar-refractivity contribution in [3.63, 3.8) is 0 Å². The molecule has 7 nitrogen and oxygen atoms in total. The number of alkyl halides is 5. The third-order valence-electron chi connectivity index (χ3n) is 2.42. The van der Waals surface area contributed by atoms with Crippen molar-refractivity contribution in [2.24, 2.45) is 10.3 Å². The van der Waals surface area contributed by atoms with Gasteiger partial charge in [0.25, 0.3) is 0 Å². The number of benzene rings is 1. The Morgan fingerprint density at radius 2 is 1.32 bits per heavy atom. The van der Waals surface area contributed by atoms with Gasteiger partial charge >= 0.3 is 6.18 Å². The van der Waals surface area contributed by atoms with Crippen molar-refractivity contribution in [2.75, 3.05) is 5.73 Å². The van der Waals surface area contributed by atoms with Gasteiger partial charge in [-0.15, -0.1) is 0 Å². The second-order valence-corrected chi connectivity index (χ2v) is 8.44. The summed E-state index contributed by atoms with van der Waals surface area (Å²) in [5.74, 6) is 0. The zero-order valence-electron chi connectivity index (χ0n) is 10.2. The van der Waals surface area contributed by atoms with E-state index >= 15 is 0 Å². The largest absolute Gasteiger partial charge is 0.425 e. The molecular formula is C8H8Cl2F3N3O4S2. The fourth-order valence-corrected chi connectivity index (χ4v) is 3.43. The fourth-order valence-electron chi connectivity index (χ4n) is 1.46. The van der Waals surface area contributed by atoms with E-state index in [9.17, 15) is 30.0 Å². The molecule has 22 heavy (non-hydrogen) atoms. The number of anilines is 1. The molecule has 0 saturated heterocycles. The number of nitrogens with two attached hydrogens (primary N) is 3. The maximum absolute atomic E-state index is 12.9. The number of sulfonamides is 2. The number of hydrogen-bond acceptors (Lipinski definition) is 5. The molecule has 0 heterocycles. The van der Waals surface area contributed by atoms with Gasteiger partial charge in [0.2, 0.25) is 24.4 Å². The lowest BCUT2D eigenvalue weighted by Gasteiger charge is -2.25. The van der Waals surface area contributed by atoms with Crippen molar-refractivity contribution in [3.05, 3.63) is 17.7 Å². The highest BCUT2D eigenvalue weighted by atomic mass is 35.5. The number of rotatable bonds is 3. The van der Waals surface area contributed by atoms with Gasteiger partial charge in [-0.2, -0.15) is 13.2 Å². The minimum absolute atomic E-state index is 0.264. The molecule has 0 aliphatic heterocycles. The molecule has 6 N–H and O–H groups in total. The minimum Gasteiger partial charge on any atom is -0.398 e. The van der Waals surface area contributed by atoms with E-state index in [1.54, 1.807) is 0 Å². The lowest BCUT2D eigenvalue weighted by molar-refractivity contribution is -0.143. The maximum Gasteiger partial charge on any atom is 0.425 e. The summed E-state index contributed by atoms with van der Waals surface area (Å²) in [6.45, 7) is 0. The van der Waals surface area contributed by atoms with Crippen molar-refractivity contribution in [2.45, 2.75) is 20.3 Å². The van der Waals surface area contributed by atoms with Crippen LogP contribution in [-0.2, 0) is 24.4 Å². The molecule has 0 fully saturated rings. The molecule has 0 aliphatic carbocycles. The molecule has 0 amide bonds. The summed E-state index contributed by atoms with van der Waals surface area (Å²) in [6.07, 6.45) is -5.30. The zero-order chi connectivity index (χ0) is 17.7. The molecule has 126 valence electrons. The number of nitrogen functional groups attached to an aromatic ring is 1. The highest BCUT2D eigenvalue weighted by Gasteiger charge is 2.56. The summed E-state index contributed by atoms with van der Waals surface area (Å²) in [4.78, 5) is -2.21. The molecule has 1 aromatic carbocycles. The van der Waals surface area contributed by atoms with Crippen LogP contribution in [-0.4, -0.2) is 23.0 Å². The number of halogens is 5. The van der Waals surface area contributed by atoms with Crippen molar-refractivity contribution in [1.82, 2.24) is 0 Å². The van der Waals surface area contributed by atoms with E-state index in [4.69, 9.17) is 39.2 Å². The minimum atomic E-state index is -5.30. The molecule has 0 atom stereocenters. The van der Waals surface area contributed by atoms with Crippen LogP contribution in [0.15, 0.2) is 21.9 Å². The van der Waals surface area contributed by atoms with Gasteiger partial charge in [-0.05, 0) is 12.1 Å². The van der Waals surface area contributed by atoms with Gasteiger partial charge in [0.05, 0.1) is 10.6 Å². The Hall–Kier alpha value is -0.790. The summed E-state index contributed by atoms with van der Waals surface area (Å²) in [6, 6.07) is 0.605. The average Bonchev–Trinajstić information content (AvgIpc) is 2.23. The highest BCUT2D eigenvalue weighted by molar-refractivity contribution is 7.90. The molecule has 0 saturated carbocycles. The lowest BCUT2D eigenvalue weighted by Crippen LogP contribution is -2.34. The quantitative estimate of drug-likeness (QED) is 0.505. The first kappa shape index (κ1) is 19.3. The van der Waals surface area contributed by atoms with Crippen LogP contribution in [0.1, 0.15) is 5.56 Å². The number of hydrogen-bond donors (Lipinski definition) is 3. The van der Waals surface area contributed by atoms with Crippen LogP contribution in [0, 0.1) is 0 Å². The third-order valence-corrected chi connectivity index (χ3v) is 5.17. The molecule has 14 heteroatoms. The molecule has 0 bridgehead atoms. The summed E-state index contributed by atoms with van der Waals surface area (Å²) in [5, 5.41) is 9.55. The van der Waals surface area contributed by atoms with Crippen LogP contribution in [0.25, 0.3) is 0 Å². The molecule has 1 rings (SSSR count). The molecule has 0 spiro atoms. The molecule has 0 radical (unpaired) electrons. The smallest absolute Gasteiger partial charge is 0.398 e. The maximum atomic E-state index is 12.9. The topological polar surface area (TPSA) is 146 Å². The SMILES string of the molecule is Nc1cc(C(Cl)(Cl)C(F)(F)F)c(S(N)(=O)=O)cc1S(N)(=O)=O. The Morgan fingerprint density at radius 1 is 0.909 bits per heavy atom.